The summed E-state index contributed by atoms with van der Waals surface area (Å²) < 4.78 is 38.9. The van der Waals surface area contributed by atoms with Crippen LogP contribution in [0.3, 0.4) is 0 Å². The molecule has 0 N–H and O–H groups in total. The molecule has 0 spiro atoms. The van der Waals surface area contributed by atoms with Gasteiger partial charge in [0.25, 0.3) is 0 Å². The molecule has 126 valence electrons. The lowest BCUT2D eigenvalue weighted by Gasteiger charge is -2.19. The van der Waals surface area contributed by atoms with Crippen molar-refractivity contribution in [2.45, 2.75) is 25.8 Å². The van der Waals surface area contributed by atoms with Crippen LogP contribution < -0.4 is 0 Å². The second kappa shape index (κ2) is 6.65. The molecule has 0 unspecified atom stereocenters. The van der Waals surface area contributed by atoms with E-state index in [4.69, 9.17) is 0 Å². The Hall–Kier alpha value is -2.34. The van der Waals surface area contributed by atoms with Crippen LogP contribution in [0.25, 0.3) is 10.8 Å². The topological polar surface area (TPSA) is 21.1 Å². The van der Waals surface area contributed by atoms with Crippen molar-refractivity contribution in [1.29, 1.82) is 0 Å². The number of nitrogens with zero attached hydrogens (tertiary/aromatic N) is 3. The number of aromatic nitrogens is 2. The van der Waals surface area contributed by atoms with E-state index in [9.17, 15) is 13.2 Å². The summed E-state index contributed by atoms with van der Waals surface area (Å²) in [4.78, 5) is 6.03. The number of hydrogen-bond acceptors (Lipinski definition) is 2. The molecule has 24 heavy (non-hydrogen) atoms. The van der Waals surface area contributed by atoms with Crippen LogP contribution >= 0.6 is 0 Å². The first-order valence-corrected chi connectivity index (χ1v) is 7.64. The molecule has 6 heteroatoms. The van der Waals surface area contributed by atoms with Crippen molar-refractivity contribution in [3.8, 4) is 0 Å². The fourth-order valence-electron chi connectivity index (χ4n) is 2.85. The molecule has 0 saturated heterocycles. The lowest BCUT2D eigenvalue weighted by Crippen LogP contribution is -2.24. The van der Waals surface area contributed by atoms with E-state index < -0.39 is 12.7 Å². The monoisotopic (exact) mass is 333 g/mol. The Labute approximate surface area is 138 Å². The SMILES string of the molecule is CN(Cc1cccc2ccccc12)Cc1nccn1CC(F)(F)F. The molecule has 2 aromatic carbocycles. The molecule has 3 rings (SSSR count). The number of alkyl halides is 3. The van der Waals surface area contributed by atoms with E-state index in [0.29, 0.717) is 18.9 Å². The summed E-state index contributed by atoms with van der Waals surface area (Å²) >= 11 is 0. The van der Waals surface area contributed by atoms with Crippen molar-refractivity contribution in [2.75, 3.05) is 7.05 Å². The summed E-state index contributed by atoms with van der Waals surface area (Å²) in [5, 5.41) is 2.31. The van der Waals surface area contributed by atoms with Crippen LogP contribution in [0.2, 0.25) is 0 Å². The van der Waals surface area contributed by atoms with Crippen LogP contribution in [0.5, 0.6) is 0 Å². The second-order valence-corrected chi connectivity index (χ2v) is 5.90. The maximum absolute atomic E-state index is 12.6. The zero-order valence-electron chi connectivity index (χ0n) is 13.3. The Morgan fingerprint density at radius 3 is 2.58 bits per heavy atom. The van der Waals surface area contributed by atoms with E-state index in [0.717, 1.165) is 20.9 Å². The Morgan fingerprint density at radius 2 is 1.79 bits per heavy atom. The van der Waals surface area contributed by atoms with Crippen LogP contribution in [0.15, 0.2) is 54.9 Å². The Kier molecular flexibility index (Phi) is 4.57. The number of hydrogen-bond donors (Lipinski definition) is 0. The summed E-state index contributed by atoms with van der Waals surface area (Å²) in [6, 6.07) is 14.2. The van der Waals surface area contributed by atoms with Crippen molar-refractivity contribution in [3.63, 3.8) is 0 Å². The minimum atomic E-state index is -4.25. The lowest BCUT2D eigenvalue weighted by atomic mass is 10.0. The zero-order valence-corrected chi connectivity index (χ0v) is 13.3. The van der Waals surface area contributed by atoms with Crippen molar-refractivity contribution >= 4 is 10.8 Å². The first kappa shape index (κ1) is 16.5. The molecule has 3 nitrogen and oxygen atoms in total. The molecule has 1 aromatic heterocycles. The molecule has 0 atom stereocenters. The molecule has 3 aromatic rings. The van der Waals surface area contributed by atoms with Gasteiger partial charge in [0.2, 0.25) is 0 Å². The fourth-order valence-corrected chi connectivity index (χ4v) is 2.85. The third kappa shape index (κ3) is 3.94. The minimum Gasteiger partial charge on any atom is -0.325 e. The predicted octanol–water partition coefficient (Wildman–Crippen LogP) is 4.23. The number of halogens is 3. The number of benzene rings is 2. The van der Waals surface area contributed by atoms with Gasteiger partial charge in [-0.15, -0.1) is 0 Å². The number of imidazole rings is 1. The van der Waals surface area contributed by atoms with Crippen molar-refractivity contribution < 1.29 is 13.2 Å². The first-order valence-electron chi connectivity index (χ1n) is 7.64. The molecule has 0 fully saturated rings. The molecule has 0 aliphatic carbocycles. The van der Waals surface area contributed by atoms with Crippen LogP contribution in [0.1, 0.15) is 11.4 Å². The van der Waals surface area contributed by atoms with Gasteiger partial charge in [-0.3, -0.25) is 4.90 Å². The summed E-state index contributed by atoms with van der Waals surface area (Å²) in [7, 11) is 1.88. The van der Waals surface area contributed by atoms with E-state index in [1.807, 2.05) is 36.2 Å². The van der Waals surface area contributed by atoms with Gasteiger partial charge in [0.15, 0.2) is 0 Å². The van der Waals surface area contributed by atoms with E-state index in [1.54, 1.807) is 0 Å². The van der Waals surface area contributed by atoms with Gasteiger partial charge < -0.3 is 4.57 Å². The van der Waals surface area contributed by atoms with Gasteiger partial charge in [-0.2, -0.15) is 13.2 Å². The Balaban J connectivity index is 1.74. The van der Waals surface area contributed by atoms with Crippen LogP contribution in [-0.4, -0.2) is 27.7 Å². The Morgan fingerprint density at radius 1 is 1.04 bits per heavy atom. The Bertz CT molecular complexity index is 818. The summed E-state index contributed by atoms with van der Waals surface area (Å²) in [6.07, 6.45) is -1.47. The van der Waals surface area contributed by atoms with Crippen LogP contribution in [-0.2, 0) is 19.6 Å². The summed E-state index contributed by atoms with van der Waals surface area (Å²) in [5.41, 5.74) is 1.14. The van der Waals surface area contributed by atoms with Gasteiger partial charge in [-0.1, -0.05) is 42.5 Å². The highest BCUT2D eigenvalue weighted by Crippen LogP contribution is 2.21. The van der Waals surface area contributed by atoms with Gasteiger partial charge in [0.05, 0.1) is 6.54 Å². The maximum Gasteiger partial charge on any atom is 0.406 e. The zero-order chi connectivity index (χ0) is 17.2. The molecule has 0 aliphatic heterocycles. The van der Waals surface area contributed by atoms with E-state index in [1.165, 1.54) is 12.4 Å². The molecular weight excluding hydrogens is 315 g/mol. The molecule has 0 saturated carbocycles. The van der Waals surface area contributed by atoms with Gasteiger partial charge >= 0.3 is 6.18 Å². The molecule has 0 aliphatic rings. The third-order valence-electron chi connectivity index (χ3n) is 3.88. The standard InChI is InChI=1S/C18H18F3N3/c1-23(12-17-22-9-10-24(17)13-18(19,20)21)11-15-7-4-6-14-5-2-3-8-16(14)15/h2-10H,11-13H2,1H3. The minimum absolute atomic E-state index is 0.353. The molecule has 0 bridgehead atoms. The maximum atomic E-state index is 12.6. The quantitative estimate of drug-likeness (QED) is 0.697. The summed E-state index contributed by atoms with van der Waals surface area (Å²) in [6.45, 7) is -0.0169. The van der Waals surface area contributed by atoms with Crippen molar-refractivity contribution in [3.05, 3.63) is 66.2 Å². The highest BCUT2D eigenvalue weighted by atomic mass is 19.4. The largest absolute Gasteiger partial charge is 0.406 e. The van der Waals surface area contributed by atoms with Gasteiger partial charge in [0, 0.05) is 18.9 Å². The normalized spacial score (nSPS) is 12.2. The average molecular weight is 333 g/mol. The second-order valence-electron chi connectivity index (χ2n) is 5.90. The highest BCUT2D eigenvalue weighted by Gasteiger charge is 2.28. The van der Waals surface area contributed by atoms with Crippen LogP contribution in [0, 0.1) is 0 Å². The molecule has 0 amide bonds. The van der Waals surface area contributed by atoms with Gasteiger partial charge in [-0.05, 0) is 23.4 Å². The van der Waals surface area contributed by atoms with Crippen molar-refractivity contribution in [1.82, 2.24) is 14.5 Å². The molecule has 0 radical (unpaired) electrons. The fraction of sp³-hybridized carbons (Fsp3) is 0.278. The highest BCUT2D eigenvalue weighted by molar-refractivity contribution is 5.85. The number of fused-ring (bicyclic) bond motifs is 1. The first-order chi connectivity index (χ1) is 11.4. The van der Waals surface area contributed by atoms with Gasteiger partial charge in [0.1, 0.15) is 12.4 Å². The van der Waals surface area contributed by atoms with Gasteiger partial charge in [-0.25, -0.2) is 4.98 Å². The average Bonchev–Trinajstić information content (AvgIpc) is 2.92. The third-order valence-corrected chi connectivity index (χ3v) is 3.88. The van der Waals surface area contributed by atoms with E-state index in [-0.39, 0.29) is 0 Å². The van der Waals surface area contributed by atoms with E-state index in [2.05, 4.69) is 23.2 Å². The summed E-state index contributed by atoms with van der Waals surface area (Å²) in [5.74, 6) is 0.412. The van der Waals surface area contributed by atoms with Crippen molar-refractivity contribution in [2.24, 2.45) is 0 Å². The van der Waals surface area contributed by atoms with E-state index >= 15 is 0 Å². The van der Waals surface area contributed by atoms with Crippen LogP contribution in [0.4, 0.5) is 13.2 Å². The smallest absolute Gasteiger partial charge is 0.325 e. The predicted molar refractivity (Wildman–Crippen MR) is 87.4 cm³/mol. The molecular formula is C18H18F3N3. The lowest BCUT2D eigenvalue weighted by molar-refractivity contribution is -0.141. The molecule has 1 heterocycles. The number of rotatable bonds is 5.